The van der Waals surface area contributed by atoms with Gasteiger partial charge in [0.05, 0.1) is 11.9 Å². The van der Waals surface area contributed by atoms with E-state index in [0.717, 1.165) is 34.5 Å². The summed E-state index contributed by atoms with van der Waals surface area (Å²) in [6.07, 6.45) is 2.94. The Morgan fingerprint density at radius 3 is 2.20 bits per heavy atom. The number of anilines is 1. The monoisotopic (exact) mass is 603 g/mol. The Balaban J connectivity index is 2.08. The molecule has 1 atom stereocenters. The number of hydrogen-bond donors (Lipinski definition) is 1. The molecule has 0 heterocycles. The summed E-state index contributed by atoms with van der Waals surface area (Å²) in [4.78, 5) is 29.1. The zero-order valence-electron chi connectivity index (χ0n) is 22.9. The molecule has 0 bridgehead atoms. The van der Waals surface area contributed by atoms with Gasteiger partial charge in [0.1, 0.15) is 12.6 Å². The molecule has 0 saturated carbocycles. The van der Waals surface area contributed by atoms with Crippen molar-refractivity contribution >= 4 is 50.7 Å². The summed E-state index contributed by atoms with van der Waals surface area (Å²) < 4.78 is 26.8. The van der Waals surface area contributed by atoms with Crippen molar-refractivity contribution < 1.29 is 18.0 Å². The van der Waals surface area contributed by atoms with Gasteiger partial charge in [-0.2, -0.15) is 0 Å². The van der Waals surface area contributed by atoms with Gasteiger partial charge in [-0.25, -0.2) is 8.42 Å². The SMILES string of the molecule is CCCCNC(=O)C(Cc1ccccc1)N(Cc1c(Cl)cccc1Cl)C(=O)CN(c1cccc(C)c1)S(C)(=O)=O. The van der Waals surface area contributed by atoms with E-state index < -0.39 is 28.5 Å². The van der Waals surface area contributed by atoms with E-state index in [4.69, 9.17) is 23.2 Å². The molecule has 2 amide bonds. The topological polar surface area (TPSA) is 86.8 Å². The lowest BCUT2D eigenvalue weighted by Crippen LogP contribution is -2.53. The van der Waals surface area contributed by atoms with Crippen LogP contribution in [0.2, 0.25) is 10.0 Å². The Bertz CT molecular complexity index is 1400. The summed E-state index contributed by atoms with van der Waals surface area (Å²) in [6, 6.07) is 20.3. The first-order valence-electron chi connectivity index (χ1n) is 13.1. The van der Waals surface area contributed by atoms with Crippen LogP contribution in [-0.4, -0.2) is 50.5 Å². The fraction of sp³-hybridized carbons (Fsp3) is 0.333. The summed E-state index contributed by atoms with van der Waals surface area (Å²) in [6.45, 7) is 3.73. The predicted molar refractivity (Wildman–Crippen MR) is 162 cm³/mol. The van der Waals surface area contributed by atoms with Crippen molar-refractivity contribution in [2.45, 2.75) is 45.7 Å². The fourth-order valence-electron chi connectivity index (χ4n) is 4.31. The number of carbonyl (C=O) groups is 2. The number of halogens is 2. The lowest BCUT2D eigenvalue weighted by molar-refractivity contribution is -0.140. The van der Waals surface area contributed by atoms with Crippen LogP contribution in [0.25, 0.3) is 0 Å². The second-order valence-electron chi connectivity index (χ2n) is 9.68. The third-order valence-corrected chi connectivity index (χ3v) is 8.31. The van der Waals surface area contributed by atoms with Crippen LogP contribution in [0.3, 0.4) is 0 Å². The van der Waals surface area contributed by atoms with E-state index in [9.17, 15) is 18.0 Å². The number of aryl methyl sites for hydroxylation is 1. The van der Waals surface area contributed by atoms with Gasteiger partial charge in [-0.05, 0) is 48.7 Å². The molecule has 0 radical (unpaired) electrons. The van der Waals surface area contributed by atoms with Crippen LogP contribution >= 0.6 is 23.2 Å². The Labute approximate surface area is 247 Å². The lowest BCUT2D eigenvalue weighted by Gasteiger charge is -2.34. The third-order valence-electron chi connectivity index (χ3n) is 6.46. The van der Waals surface area contributed by atoms with E-state index in [1.807, 2.05) is 50.2 Å². The van der Waals surface area contributed by atoms with Crippen LogP contribution in [0.1, 0.15) is 36.5 Å². The van der Waals surface area contributed by atoms with Gasteiger partial charge < -0.3 is 10.2 Å². The largest absolute Gasteiger partial charge is 0.354 e. The number of nitrogens with one attached hydrogen (secondary N) is 1. The van der Waals surface area contributed by atoms with Gasteiger partial charge in [-0.15, -0.1) is 0 Å². The van der Waals surface area contributed by atoms with Gasteiger partial charge in [0.15, 0.2) is 0 Å². The van der Waals surface area contributed by atoms with Crippen molar-refractivity contribution in [2.75, 3.05) is 23.7 Å². The molecular weight excluding hydrogens is 569 g/mol. The minimum Gasteiger partial charge on any atom is -0.354 e. The number of benzene rings is 3. The number of unbranched alkanes of at least 4 members (excludes halogenated alkanes) is 1. The highest BCUT2D eigenvalue weighted by Crippen LogP contribution is 2.28. The number of nitrogens with zero attached hydrogens (tertiary/aromatic N) is 2. The zero-order chi connectivity index (χ0) is 29.3. The van der Waals surface area contributed by atoms with E-state index in [-0.39, 0.29) is 18.9 Å². The van der Waals surface area contributed by atoms with Gasteiger partial charge in [-0.3, -0.25) is 13.9 Å². The van der Waals surface area contributed by atoms with Crippen molar-refractivity contribution in [3.05, 3.63) is 99.5 Å². The molecule has 0 aliphatic carbocycles. The van der Waals surface area contributed by atoms with E-state index in [0.29, 0.717) is 27.8 Å². The molecule has 1 unspecified atom stereocenters. The van der Waals surface area contributed by atoms with Crippen molar-refractivity contribution in [3.8, 4) is 0 Å². The van der Waals surface area contributed by atoms with Gasteiger partial charge in [0.25, 0.3) is 0 Å². The van der Waals surface area contributed by atoms with Crippen LogP contribution < -0.4 is 9.62 Å². The Hall–Kier alpha value is -3.07. The quantitative estimate of drug-likeness (QED) is 0.257. The highest BCUT2D eigenvalue weighted by Gasteiger charge is 2.33. The average Bonchev–Trinajstić information content (AvgIpc) is 2.90. The number of hydrogen-bond acceptors (Lipinski definition) is 4. The number of sulfonamides is 1. The second kappa shape index (κ2) is 14.5. The Morgan fingerprint density at radius 1 is 0.950 bits per heavy atom. The molecule has 3 aromatic carbocycles. The van der Waals surface area contributed by atoms with Gasteiger partial charge in [-0.1, -0.05) is 85.1 Å². The molecule has 0 aliphatic rings. The molecule has 0 aromatic heterocycles. The summed E-state index contributed by atoms with van der Waals surface area (Å²) in [5.41, 5.74) is 2.52. The van der Waals surface area contributed by atoms with E-state index >= 15 is 0 Å². The number of amides is 2. The van der Waals surface area contributed by atoms with Crippen molar-refractivity contribution in [1.82, 2.24) is 10.2 Å². The van der Waals surface area contributed by atoms with Crippen LogP contribution in [0, 0.1) is 6.92 Å². The molecule has 1 N–H and O–H groups in total. The first kappa shape index (κ1) is 31.5. The maximum Gasteiger partial charge on any atom is 0.244 e. The lowest BCUT2D eigenvalue weighted by atomic mass is 10.0. The fourth-order valence-corrected chi connectivity index (χ4v) is 5.67. The van der Waals surface area contributed by atoms with Crippen molar-refractivity contribution in [3.63, 3.8) is 0 Å². The third kappa shape index (κ3) is 8.71. The maximum atomic E-state index is 14.1. The normalized spacial score (nSPS) is 12.0. The molecule has 10 heteroatoms. The van der Waals surface area contributed by atoms with E-state index in [1.54, 1.807) is 36.4 Å². The summed E-state index contributed by atoms with van der Waals surface area (Å²) in [7, 11) is -3.84. The maximum absolute atomic E-state index is 14.1. The van der Waals surface area contributed by atoms with E-state index in [1.165, 1.54) is 4.90 Å². The molecule has 3 rings (SSSR count). The van der Waals surface area contributed by atoms with Crippen LogP contribution in [0.4, 0.5) is 5.69 Å². The van der Waals surface area contributed by atoms with Crippen LogP contribution in [0.5, 0.6) is 0 Å². The summed E-state index contributed by atoms with van der Waals surface area (Å²) in [5.74, 6) is -0.898. The van der Waals surface area contributed by atoms with E-state index in [2.05, 4.69) is 5.32 Å². The van der Waals surface area contributed by atoms with Gasteiger partial charge in [0, 0.05) is 35.1 Å². The Kier molecular flexibility index (Phi) is 11.4. The van der Waals surface area contributed by atoms with Gasteiger partial charge in [0.2, 0.25) is 21.8 Å². The molecule has 0 saturated heterocycles. The molecule has 214 valence electrons. The first-order valence-corrected chi connectivity index (χ1v) is 15.7. The zero-order valence-corrected chi connectivity index (χ0v) is 25.3. The first-order chi connectivity index (χ1) is 19.0. The number of rotatable bonds is 13. The molecule has 3 aromatic rings. The summed E-state index contributed by atoms with van der Waals surface area (Å²) >= 11 is 13.0. The Morgan fingerprint density at radius 2 is 1.60 bits per heavy atom. The highest BCUT2D eigenvalue weighted by atomic mass is 35.5. The molecule has 0 spiro atoms. The molecule has 0 aliphatic heterocycles. The van der Waals surface area contributed by atoms with Gasteiger partial charge >= 0.3 is 0 Å². The molecular formula is C30H35Cl2N3O4S. The molecule has 40 heavy (non-hydrogen) atoms. The summed E-state index contributed by atoms with van der Waals surface area (Å²) in [5, 5.41) is 3.63. The predicted octanol–water partition coefficient (Wildman–Crippen LogP) is 5.62. The van der Waals surface area contributed by atoms with Crippen LogP contribution in [0.15, 0.2) is 72.8 Å². The number of carbonyl (C=O) groups excluding carboxylic acids is 2. The molecule has 7 nitrogen and oxygen atoms in total. The standard InChI is InChI=1S/C30H35Cl2N3O4S/c1-4-5-17-33-30(37)28(19-23-12-7-6-8-13-23)34(20-25-26(31)15-10-16-27(25)32)29(36)21-35(40(3,38)39)24-14-9-11-22(2)18-24/h6-16,18,28H,4-5,17,19-21H2,1-3H3,(H,33,37). The van der Waals surface area contributed by atoms with Crippen molar-refractivity contribution in [1.29, 1.82) is 0 Å². The minimum absolute atomic E-state index is 0.0819. The second-order valence-corrected chi connectivity index (χ2v) is 12.4. The average molecular weight is 605 g/mol. The minimum atomic E-state index is -3.84. The van der Waals surface area contributed by atoms with Crippen molar-refractivity contribution in [2.24, 2.45) is 0 Å². The van der Waals surface area contributed by atoms with Crippen LogP contribution in [-0.2, 0) is 32.6 Å². The smallest absolute Gasteiger partial charge is 0.244 e. The highest BCUT2D eigenvalue weighted by molar-refractivity contribution is 7.92. The molecule has 0 fully saturated rings.